The predicted octanol–water partition coefficient (Wildman–Crippen LogP) is 1.77. The largest absolute Gasteiger partial charge is 0.466 e. The van der Waals surface area contributed by atoms with Crippen LogP contribution in [-0.2, 0) is 14.3 Å². The molecule has 23 heavy (non-hydrogen) atoms. The Balaban J connectivity index is 1.78. The fraction of sp³-hybridized carbons (Fsp3) is 0.471. The van der Waals surface area contributed by atoms with Crippen molar-refractivity contribution in [2.75, 3.05) is 31.6 Å². The summed E-state index contributed by atoms with van der Waals surface area (Å²) in [5, 5.41) is 11.7. The Hall–Kier alpha value is -2.39. The number of nitriles is 1. The Labute approximate surface area is 136 Å². The van der Waals surface area contributed by atoms with Crippen LogP contribution in [0.2, 0.25) is 0 Å². The molecule has 1 aliphatic rings. The number of piperidine rings is 1. The zero-order valence-corrected chi connectivity index (χ0v) is 13.2. The highest BCUT2D eigenvalue weighted by atomic mass is 16.5. The van der Waals surface area contributed by atoms with Gasteiger partial charge in [0, 0.05) is 5.69 Å². The number of carbonyl (C=O) groups excluding carboxylic acids is 2. The highest BCUT2D eigenvalue weighted by Gasteiger charge is 2.26. The van der Waals surface area contributed by atoms with Crippen LogP contribution in [0.25, 0.3) is 0 Å². The first kappa shape index (κ1) is 17.0. The molecule has 1 fully saturated rings. The molecular formula is C17H21N3O3. The molecule has 0 spiro atoms. The smallest absolute Gasteiger partial charge is 0.309 e. The number of benzene rings is 1. The number of ether oxygens (including phenoxy) is 1. The normalized spacial score (nSPS) is 15.7. The van der Waals surface area contributed by atoms with Gasteiger partial charge in [0.1, 0.15) is 0 Å². The second kappa shape index (κ2) is 8.30. The highest BCUT2D eigenvalue weighted by Crippen LogP contribution is 2.18. The number of likely N-dealkylation sites (tertiary alicyclic amines) is 1. The number of amides is 1. The van der Waals surface area contributed by atoms with Gasteiger partial charge >= 0.3 is 5.97 Å². The van der Waals surface area contributed by atoms with Gasteiger partial charge in [-0.3, -0.25) is 14.5 Å². The number of rotatable bonds is 5. The summed E-state index contributed by atoms with van der Waals surface area (Å²) in [5.41, 5.74) is 1.13. The summed E-state index contributed by atoms with van der Waals surface area (Å²) in [4.78, 5) is 25.8. The summed E-state index contributed by atoms with van der Waals surface area (Å²) in [6, 6.07) is 8.87. The van der Waals surface area contributed by atoms with E-state index in [0.29, 0.717) is 30.9 Å². The third-order valence-corrected chi connectivity index (χ3v) is 3.85. The number of anilines is 1. The molecule has 0 atom stereocenters. The van der Waals surface area contributed by atoms with Gasteiger partial charge in [-0.2, -0.15) is 5.26 Å². The summed E-state index contributed by atoms with van der Waals surface area (Å²) in [7, 11) is 0. The topological polar surface area (TPSA) is 82.4 Å². The van der Waals surface area contributed by atoms with E-state index in [-0.39, 0.29) is 24.3 Å². The van der Waals surface area contributed by atoms with Crippen molar-refractivity contribution in [3.63, 3.8) is 0 Å². The average molecular weight is 315 g/mol. The lowest BCUT2D eigenvalue weighted by Crippen LogP contribution is -2.41. The van der Waals surface area contributed by atoms with Gasteiger partial charge in [0.15, 0.2) is 0 Å². The fourth-order valence-corrected chi connectivity index (χ4v) is 2.66. The second-order valence-corrected chi connectivity index (χ2v) is 5.54. The van der Waals surface area contributed by atoms with E-state index in [2.05, 4.69) is 5.32 Å². The zero-order chi connectivity index (χ0) is 16.7. The van der Waals surface area contributed by atoms with Gasteiger partial charge in [0.2, 0.25) is 5.91 Å². The summed E-state index contributed by atoms with van der Waals surface area (Å²) in [5.74, 6) is -0.304. The van der Waals surface area contributed by atoms with Crippen molar-refractivity contribution in [1.82, 2.24) is 4.90 Å². The van der Waals surface area contributed by atoms with Gasteiger partial charge < -0.3 is 10.1 Å². The first-order chi connectivity index (χ1) is 11.1. The van der Waals surface area contributed by atoms with Gasteiger partial charge in [-0.1, -0.05) is 6.07 Å². The van der Waals surface area contributed by atoms with Crippen LogP contribution in [0, 0.1) is 17.2 Å². The van der Waals surface area contributed by atoms with Crippen LogP contribution in [0.1, 0.15) is 25.3 Å². The maximum absolute atomic E-state index is 12.1. The van der Waals surface area contributed by atoms with E-state index in [1.165, 1.54) is 0 Å². The molecule has 1 heterocycles. The fourth-order valence-electron chi connectivity index (χ4n) is 2.66. The highest BCUT2D eigenvalue weighted by molar-refractivity contribution is 5.92. The average Bonchev–Trinajstić information content (AvgIpc) is 2.55. The Morgan fingerprint density at radius 2 is 2.13 bits per heavy atom. The van der Waals surface area contributed by atoms with E-state index in [1.807, 2.05) is 11.0 Å². The predicted molar refractivity (Wildman–Crippen MR) is 85.6 cm³/mol. The van der Waals surface area contributed by atoms with Gasteiger partial charge in [-0.05, 0) is 51.1 Å². The van der Waals surface area contributed by atoms with Crippen LogP contribution in [0.5, 0.6) is 0 Å². The molecule has 0 radical (unpaired) electrons. The molecule has 2 rings (SSSR count). The summed E-state index contributed by atoms with van der Waals surface area (Å²) in [6.07, 6.45) is 1.44. The summed E-state index contributed by atoms with van der Waals surface area (Å²) < 4.78 is 5.04. The van der Waals surface area contributed by atoms with E-state index in [4.69, 9.17) is 10.00 Å². The summed E-state index contributed by atoms with van der Waals surface area (Å²) >= 11 is 0. The molecule has 122 valence electrons. The van der Waals surface area contributed by atoms with Gasteiger partial charge in [0.25, 0.3) is 0 Å². The van der Waals surface area contributed by atoms with Crippen LogP contribution in [-0.4, -0.2) is 43.0 Å². The van der Waals surface area contributed by atoms with Crippen molar-refractivity contribution in [2.45, 2.75) is 19.8 Å². The first-order valence-electron chi connectivity index (χ1n) is 7.81. The molecule has 0 bridgehead atoms. The Bertz CT molecular complexity index is 601. The minimum atomic E-state index is -0.134. The van der Waals surface area contributed by atoms with Gasteiger partial charge in [-0.25, -0.2) is 0 Å². The van der Waals surface area contributed by atoms with Crippen molar-refractivity contribution < 1.29 is 14.3 Å². The van der Waals surface area contributed by atoms with Crippen molar-refractivity contribution >= 4 is 17.6 Å². The lowest BCUT2D eigenvalue weighted by Gasteiger charge is -2.30. The molecule has 6 heteroatoms. The van der Waals surface area contributed by atoms with Crippen molar-refractivity contribution in [3.8, 4) is 6.07 Å². The molecule has 0 unspecified atom stereocenters. The minimum absolute atomic E-state index is 0.0541. The van der Waals surface area contributed by atoms with Crippen molar-refractivity contribution in [3.05, 3.63) is 29.8 Å². The molecule has 1 amide bonds. The van der Waals surface area contributed by atoms with E-state index >= 15 is 0 Å². The van der Waals surface area contributed by atoms with E-state index < -0.39 is 0 Å². The molecule has 1 aromatic rings. The molecule has 6 nitrogen and oxygen atoms in total. The molecule has 0 aromatic heterocycles. The minimum Gasteiger partial charge on any atom is -0.466 e. The zero-order valence-electron chi connectivity index (χ0n) is 13.2. The third-order valence-electron chi connectivity index (χ3n) is 3.85. The lowest BCUT2D eigenvalue weighted by molar-refractivity contribution is -0.149. The van der Waals surface area contributed by atoms with Crippen LogP contribution >= 0.6 is 0 Å². The Morgan fingerprint density at radius 1 is 1.39 bits per heavy atom. The molecule has 0 saturated carbocycles. The van der Waals surface area contributed by atoms with Gasteiger partial charge in [-0.15, -0.1) is 0 Å². The van der Waals surface area contributed by atoms with Crippen molar-refractivity contribution in [2.24, 2.45) is 5.92 Å². The SMILES string of the molecule is CCOC(=O)C1CCN(CC(=O)Nc2cccc(C#N)c2)CC1. The number of nitrogens with one attached hydrogen (secondary N) is 1. The number of hydrogen-bond acceptors (Lipinski definition) is 5. The maximum atomic E-state index is 12.1. The monoisotopic (exact) mass is 315 g/mol. The molecule has 1 N–H and O–H groups in total. The number of carbonyl (C=O) groups is 2. The molecular weight excluding hydrogens is 294 g/mol. The number of hydrogen-bond donors (Lipinski definition) is 1. The van der Waals surface area contributed by atoms with E-state index in [9.17, 15) is 9.59 Å². The first-order valence-corrected chi connectivity index (χ1v) is 7.81. The lowest BCUT2D eigenvalue weighted by atomic mass is 9.97. The van der Waals surface area contributed by atoms with Crippen LogP contribution in [0.3, 0.4) is 0 Å². The molecule has 1 aromatic carbocycles. The quantitative estimate of drug-likeness (QED) is 0.837. The Kier molecular flexibility index (Phi) is 6.12. The van der Waals surface area contributed by atoms with Crippen LogP contribution < -0.4 is 5.32 Å². The standard InChI is InChI=1S/C17H21N3O3/c1-2-23-17(22)14-6-8-20(9-7-14)12-16(21)19-15-5-3-4-13(10-15)11-18/h3-5,10,14H,2,6-9,12H2,1H3,(H,19,21). The van der Waals surface area contributed by atoms with Gasteiger partial charge in [0.05, 0.1) is 30.7 Å². The molecule has 1 aliphatic heterocycles. The van der Waals surface area contributed by atoms with Crippen LogP contribution in [0.15, 0.2) is 24.3 Å². The third kappa shape index (κ3) is 5.08. The maximum Gasteiger partial charge on any atom is 0.309 e. The Morgan fingerprint density at radius 3 is 2.78 bits per heavy atom. The second-order valence-electron chi connectivity index (χ2n) is 5.54. The van der Waals surface area contributed by atoms with E-state index in [0.717, 1.165) is 12.8 Å². The molecule has 1 saturated heterocycles. The van der Waals surface area contributed by atoms with Crippen molar-refractivity contribution in [1.29, 1.82) is 5.26 Å². The number of esters is 1. The summed E-state index contributed by atoms with van der Waals surface area (Å²) in [6.45, 7) is 3.90. The van der Waals surface area contributed by atoms with E-state index in [1.54, 1.807) is 31.2 Å². The molecule has 0 aliphatic carbocycles. The van der Waals surface area contributed by atoms with Crippen LogP contribution in [0.4, 0.5) is 5.69 Å². The number of nitrogens with zero attached hydrogens (tertiary/aromatic N) is 2.